The number of rotatable bonds is 4. The molecule has 0 spiro atoms. The molecular formula is C15H11ClN2O3S. The van der Waals surface area contributed by atoms with E-state index in [1.807, 2.05) is 6.07 Å². The molecule has 0 aliphatic rings. The Kier molecular flexibility index (Phi) is 5.15. The maximum absolute atomic E-state index is 12.0. The highest BCUT2D eigenvalue weighted by Crippen LogP contribution is 2.22. The summed E-state index contributed by atoms with van der Waals surface area (Å²) >= 11 is 6.83. The van der Waals surface area contributed by atoms with Crippen LogP contribution in [0.15, 0.2) is 36.4 Å². The topological polar surface area (TPSA) is 79.2 Å². The molecule has 0 saturated carbocycles. The van der Waals surface area contributed by atoms with Crippen LogP contribution in [-0.2, 0) is 9.53 Å². The number of nitrogens with zero attached hydrogens (tertiary/aromatic N) is 1. The minimum atomic E-state index is -0.973. The number of benzene rings is 1. The van der Waals surface area contributed by atoms with Crippen LogP contribution < -0.4 is 5.32 Å². The summed E-state index contributed by atoms with van der Waals surface area (Å²) < 4.78 is 5.55. The van der Waals surface area contributed by atoms with E-state index in [4.69, 9.17) is 21.6 Å². The minimum Gasteiger partial charge on any atom is -0.448 e. The highest BCUT2D eigenvalue weighted by Gasteiger charge is 2.20. The smallest absolute Gasteiger partial charge is 0.349 e. The van der Waals surface area contributed by atoms with E-state index in [-0.39, 0.29) is 0 Å². The molecule has 1 N–H and O–H groups in total. The highest BCUT2D eigenvalue weighted by atomic mass is 35.5. The molecule has 0 radical (unpaired) electrons. The van der Waals surface area contributed by atoms with Crippen LogP contribution in [0.2, 0.25) is 4.34 Å². The Labute approximate surface area is 136 Å². The number of amides is 1. The summed E-state index contributed by atoms with van der Waals surface area (Å²) in [6.07, 6.45) is -0.973. The van der Waals surface area contributed by atoms with Gasteiger partial charge in [-0.15, -0.1) is 11.3 Å². The predicted molar refractivity (Wildman–Crippen MR) is 84.0 cm³/mol. The molecule has 22 heavy (non-hydrogen) atoms. The molecule has 0 bridgehead atoms. The first kappa shape index (κ1) is 16.0. The summed E-state index contributed by atoms with van der Waals surface area (Å²) in [5, 5.41) is 11.4. The van der Waals surface area contributed by atoms with E-state index < -0.39 is 18.0 Å². The SMILES string of the molecule is C[C@@H](OC(=O)c1ccc(Cl)s1)C(=O)Nc1cccc(C#N)c1. The molecule has 1 amide bonds. The van der Waals surface area contributed by atoms with Crippen LogP contribution in [-0.4, -0.2) is 18.0 Å². The van der Waals surface area contributed by atoms with Crippen LogP contribution in [0, 0.1) is 11.3 Å². The Bertz CT molecular complexity index is 751. The number of nitrogens with one attached hydrogen (secondary N) is 1. The first-order chi connectivity index (χ1) is 10.5. The number of hydrogen-bond donors (Lipinski definition) is 1. The van der Waals surface area contributed by atoms with Gasteiger partial charge in [0.25, 0.3) is 5.91 Å². The third-order valence-electron chi connectivity index (χ3n) is 2.69. The van der Waals surface area contributed by atoms with Gasteiger partial charge in [0.1, 0.15) is 4.88 Å². The van der Waals surface area contributed by atoms with Gasteiger partial charge in [-0.1, -0.05) is 17.7 Å². The van der Waals surface area contributed by atoms with Gasteiger partial charge in [-0.3, -0.25) is 4.79 Å². The number of anilines is 1. The Hall–Kier alpha value is -2.36. The van der Waals surface area contributed by atoms with Gasteiger partial charge in [-0.2, -0.15) is 5.26 Å². The maximum Gasteiger partial charge on any atom is 0.349 e. The fourth-order valence-electron chi connectivity index (χ4n) is 1.61. The van der Waals surface area contributed by atoms with Crippen LogP contribution >= 0.6 is 22.9 Å². The van der Waals surface area contributed by atoms with Crippen LogP contribution in [0.5, 0.6) is 0 Å². The Morgan fingerprint density at radius 3 is 2.77 bits per heavy atom. The van der Waals surface area contributed by atoms with E-state index >= 15 is 0 Å². The van der Waals surface area contributed by atoms with E-state index in [0.29, 0.717) is 20.5 Å². The van der Waals surface area contributed by atoms with Crippen molar-refractivity contribution in [2.75, 3.05) is 5.32 Å². The molecule has 0 saturated heterocycles. The van der Waals surface area contributed by atoms with Crippen LogP contribution in [0.1, 0.15) is 22.2 Å². The molecule has 7 heteroatoms. The van der Waals surface area contributed by atoms with Gasteiger partial charge in [-0.25, -0.2) is 4.79 Å². The lowest BCUT2D eigenvalue weighted by molar-refractivity contribution is -0.123. The Morgan fingerprint density at radius 1 is 1.36 bits per heavy atom. The molecule has 5 nitrogen and oxygen atoms in total. The third kappa shape index (κ3) is 4.07. The highest BCUT2D eigenvalue weighted by molar-refractivity contribution is 7.17. The third-order valence-corrected chi connectivity index (χ3v) is 3.90. The summed E-state index contributed by atoms with van der Waals surface area (Å²) in [4.78, 5) is 24.2. The lowest BCUT2D eigenvalue weighted by Gasteiger charge is -2.13. The number of ether oxygens (including phenoxy) is 1. The summed E-state index contributed by atoms with van der Waals surface area (Å²) in [6, 6.07) is 11.6. The molecule has 1 atom stereocenters. The van der Waals surface area contributed by atoms with Crippen molar-refractivity contribution in [2.24, 2.45) is 0 Å². The van der Waals surface area contributed by atoms with Crippen molar-refractivity contribution in [3.05, 3.63) is 51.2 Å². The zero-order chi connectivity index (χ0) is 16.1. The van der Waals surface area contributed by atoms with Gasteiger partial charge in [0.05, 0.1) is 16.0 Å². The molecular weight excluding hydrogens is 324 g/mol. The Balaban J connectivity index is 1.97. The second kappa shape index (κ2) is 7.07. The van der Waals surface area contributed by atoms with Crippen molar-refractivity contribution >= 4 is 40.5 Å². The molecule has 1 heterocycles. The van der Waals surface area contributed by atoms with Crippen LogP contribution in [0.4, 0.5) is 5.69 Å². The zero-order valence-electron chi connectivity index (χ0n) is 11.5. The predicted octanol–water partition coefficient (Wildman–Crippen LogP) is 3.46. The van der Waals surface area contributed by atoms with Crippen molar-refractivity contribution in [2.45, 2.75) is 13.0 Å². The number of esters is 1. The summed E-state index contributed by atoms with van der Waals surface area (Å²) in [5.74, 6) is -1.09. The lowest BCUT2D eigenvalue weighted by Crippen LogP contribution is -2.29. The van der Waals surface area contributed by atoms with Crippen molar-refractivity contribution in [3.63, 3.8) is 0 Å². The van der Waals surface area contributed by atoms with Crippen molar-refractivity contribution in [1.82, 2.24) is 0 Å². The van der Waals surface area contributed by atoms with Crippen molar-refractivity contribution < 1.29 is 14.3 Å². The average Bonchev–Trinajstić information content (AvgIpc) is 2.94. The van der Waals surface area contributed by atoms with Gasteiger partial charge in [0.2, 0.25) is 0 Å². The molecule has 2 rings (SSSR count). The first-order valence-corrected chi connectivity index (χ1v) is 7.46. The normalized spacial score (nSPS) is 11.3. The molecule has 1 aromatic heterocycles. The fraction of sp³-hybridized carbons (Fsp3) is 0.133. The number of carbonyl (C=O) groups is 2. The molecule has 2 aromatic rings. The number of thiophene rings is 1. The number of nitriles is 1. The van der Waals surface area contributed by atoms with Gasteiger partial charge >= 0.3 is 5.97 Å². The van der Waals surface area contributed by atoms with Gasteiger partial charge in [0.15, 0.2) is 6.10 Å². The summed E-state index contributed by atoms with van der Waals surface area (Å²) in [6.45, 7) is 1.47. The van der Waals surface area contributed by atoms with Crippen molar-refractivity contribution in [3.8, 4) is 6.07 Å². The van der Waals surface area contributed by atoms with E-state index in [2.05, 4.69) is 5.32 Å². The standard InChI is InChI=1S/C15H11ClN2O3S/c1-9(21-15(20)12-5-6-13(16)22-12)14(19)18-11-4-2-3-10(7-11)8-17/h2-7,9H,1H3,(H,18,19)/t9-/m1/s1. The Morgan fingerprint density at radius 2 is 2.14 bits per heavy atom. The van der Waals surface area contributed by atoms with Crippen LogP contribution in [0.3, 0.4) is 0 Å². The van der Waals surface area contributed by atoms with Crippen LogP contribution in [0.25, 0.3) is 0 Å². The maximum atomic E-state index is 12.0. The monoisotopic (exact) mass is 334 g/mol. The lowest BCUT2D eigenvalue weighted by atomic mass is 10.2. The van der Waals surface area contributed by atoms with Gasteiger partial charge in [0, 0.05) is 5.69 Å². The molecule has 0 fully saturated rings. The largest absolute Gasteiger partial charge is 0.448 e. The van der Waals surface area contributed by atoms with E-state index in [0.717, 1.165) is 11.3 Å². The molecule has 112 valence electrons. The fourth-order valence-corrected chi connectivity index (χ4v) is 2.53. The van der Waals surface area contributed by atoms with Crippen molar-refractivity contribution in [1.29, 1.82) is 5.26 Å². The minimum absolute atomic E-state index is 0.330. The molecule has 1 aromatic carbocycles. The average molecular weight is 335 g/mol. The van der Waals surface area contributed by atoms with Gasteiger partial charge < -0.3 is 10.1 Å². The van der Waals surface area contributed by atoms with Gasteiger partial charge in [-0.05, 0) is 37.3 Å². The molecule has 0 aliphatic carbocycles. The second-order valence-electron chi connectivity index (χ2n) is 4.33. The first-order valence-electron chi connectivity index (χ1n) is 6.27. The number of halogens is 1. The second-order valence-corrected chi connectivity index (χ2v) is 6.05. The molecule has 0 aliphatic heterocycles. The quantitative estimate of drug-likeness (QED) is 0.868. The number of hydrogen-bond acceptors (Lipinski definition) is 5. The summed E-state index contributed by atoms with van der Waals surface area (Å²) in [7, 11) is 0. The summed E-state index contributed by atoms with van der Waals surface area (Å²) in [5.41, 5.74) is 0.891. The van der Waals surface area contributed by atoms with E-state index in [9.17, 15) is 9.59 Å². The zero-order valence-corrected chi connectivity index (χ0v) is 13.1. The van der Waals surface area contributed by atoms with E-state index in [1.165, 1.54) is 19.1 Å². The number of carbonyl (C=O) groups excluding carboxylic acids is 2. The van der Waals surface area contributed by atoms with E-state index in [1.54, 1.807) is 24.3 Å². The molecule has 0 unspecified atom stereocenters.